The van der Waals surface area contributed by atoms with Crippen LogP contribution in [0.4, 0.5) is 5.69 Å². The molecule has 3 aromatic rings. The average molecular weight is 428 g/mol. The molecule has 145 valence electrons. The van der Waals surface area contributed by atoms with E-state index < -0.39 is 0 Å². The van der Waals surface area contributed by atoms with Gasteiger partial charge in [0.05, 0.1) is 0 Å². The summed E-state index contributed by atoms with van der Waals surface area (Å²) in [6.45, 7) is 9.59. The second-order valence-corrected chi connectivity index (χ2v) is 11.5. The van der Waals surface area contributed by atoms with E-state index in [1.165, 1.54) is 21.1 Å². The molecule has 0 atom stereocenters. The normalized spacial score (nSPS) is 11.3. The van der Waals surface area contributed by atoms with Crippen molar-refractivity contribution in [1.82, 2.24) is 0 Å². The fourth-order valence-electron chi connectivity index (χ4n) is 3.25. The molecule has 0 aliphatic carbocycles. The topological polar surface area (TPSA) is 23.8 Å². The van der Waals surface area contributed by atoms with Gasteiger partial charge in [0.15, 0.2) is 0 Å². The van der Waals surface area contributed by atoms with Crippen LogP contribution in [0.3, 0.4) is 0 Å². The van der Waals surface area contributed by atoms with Crippen LogP contribution in [-0.4, -0.2) is 17.4 Å². The van der Waals surface area contributed by atoms with Gasteiger partial charge in [-0.3, -0.25) is 0 Å². The van der Waals surface area contributed by atoms with Gasteiger partial charge in [-0.15, -0.1) is 5.69 Å². The third-order valence-electron chi connectivity index (χ3n) is 5.19. The van der Waals surface area contributed by atoms with Gasteiger partial charge in [0, 0.05) is 0 Å². The van der Waals surface area contributed by atoms with Gasteiger partial charge >= 0.3 is 138 Å². The summed E-state index contributed by atoms with van der Waals surface area (Å²) in [5.41, 5.74) is 11.2. The Labute approximate surface area is 179 Å². The minimum absolute atomic E-state index is 0.252. The Morgan fingerprint density at radius 1 is 0.571 bits per heavy atom. The first-order chi connectivity index (χ1) is 13.3. The molecule has 0 saturated heterocycles. The predicted molar refractivity (Wildman–Crippen MR) is 125 cm³/mol. The van der Waals surface area contributed by atoms with Crippen molar-refractivity contribution in [2.45, 2.75) is 48.5 Å². The van der Waals surface area contributed by atoms with Crippen LogP contribution in [-0.2, 0) is 10.8 Å². The van der Waals surface area contributed by atoms with Crippen molar-refractivity contribution >= 4 is 23.1 Å². The Morgan fingerprint density at radius 2 is 0.893 bits per heavy atom. The van der Waals surface area contributed by atoms with Gasteiger partial charge in [-0.05, 0) is 0 Å². The minimum atomic E-state index is -0.252. The van der Waals surface area contributed by atoms with Crippen LogP contribution in [0.5, 0.6) is 0 Å². The van der Waals surface area contributed by atoms with Crippen LogP contribution in [0.2, 0.25) is 9.95 Å². The first-order valence-electron chi connectivity index (χ1n) is 10.0. The summed E-state index contributed by atoms with van der Waals surface area (Å²) in [5.74, 6) is 0. The molecule has 1 nitrogen and oxygen atoms in total. The maximum Gasteiger partial charge on any atom is -0.0624 e. The number of hydrogen-bond donors (Lipinski definition) is 0. The first-order valence-corrected chi connectivity index (χ1v) is 13.4. The number of hydrogen-bond acceptors (Lipinski definition) is 0. The maximum atomic E-state index is 7.00. The Hall–Kier alpha value is -1.90. The fraction of sp³-hybridized carbons (Fsp3) is 0.308. The molecule has 2 heteroatoms. The van der Waals surface area contributed by atoms with E-state index in [0.29, 0.717) is 16.5 Å². The zero-order valence-corrected chi connectivity index (χ0v) is 20.1. The number of rotatable bonds is 6. The van der Waals surface area contributed by atoms with Crippen molar-refractivity contribution in [1.29, 1.82) is 0 Å². The zero-order chi connectivity index (χ0) is 20.5. The van der Waals surface area contributed by atoms with Gasteiger partial charge < -0.3 is 5.73 Å². The SMILES string of the molecule is CC(C)([CH2][Ga][CH2]C(C)(C)c1ccccc1)c1ccccc1.[NH-]c1ccccc1. The Kier molecular flexibility index (Phi) is 8.47. The van der Waals surface area contributed by atoms with Crippen molar-refractivity contribution in [3.8, 4) is 0 Å². The van der Waals surface area contributed by atoms with Crippen LogP contribution < -0.4 is 0 Å². The summed E-state index contributed by atoms with van der Waals surface area (Å²) >= 11 is -0.252. The molecular formula is C26H32GaN-. The van der Waals surface area contributed by atoms with Crippen LogP contribution in [0.25, 0.3) is 5.73 Å². The van der Waals surface area contributed by atoms with Crippen molar-refractivity contribution in [2.75, 3.05) is 0 Å². The maximum absolute atomic E-state index is 7.00. The summed E-state index contributed by atoms with van der Waals surface area (Å²) in [7, 11) is 0. The van der Waals surface area contributed by atoms with Crippen molar-refractivity contribution in [3.63, 3.8) is 0 Å². The molecule has 0 amide bonds. The smallest absolute Gasteiger partial charge is 0.0624 e. The van der Waals surface area contributed by atoms with Gasteiger partial charge in [0.1, 0.15) is 0 Å². The Balaban J connectivity index is 0.000000336. The summed E-state index contributed by atoms with van der Waals surface area (Å²) in [5, 5.41) is 0. The predicted octanol–water partition coefficient (Wildman–Crippen LogP) is 7.85. The third-order valence-corrected chi connectivity index (χ3v) is 10.7. The van der Waals surface area contributed by atoms with Crippen LogP contribution in [0, 0.1) is 0 Å². The van der Waals surface area contributed by atoms with E-state index in [4.69, 9.17) is 5.73 Å². The molecule has 0 aliphatic heterocycles. The molecule has 0 unspecified atom stereocenters. The van der Waals surface area contributed by atoms with E-state index in [1.54, 1.807) is 12.1 Å². The molecule has 3 rings (SSSR count). The van der Waals surface area contributed by atoms with Crippen LogP contribution in [0.1, 0.15) is 38.8 Å². The number of benzene rings is 3. The molecule has 0 spiro atoms. The van der Waals surface area contributed by atoms with Crippen LogP contribution in [0.15, 0.2) is 91.0 Å². The molecule has 3 aromatic carbocycles. The quantitative estimate of drug-likeness (QED) is 0.357. The monoisotopic (exact) mass is 427 g/mol. The summed E-state index contributed by atoms with van der Waals surface area (Å²) in [4.78, 5) is 2.77. The second-order valence-electron chi connectivity index (χ2n) is 8.56. The van der Waals surface area contributed by atoms with E-state index in [2.05, 4.69) is 88.4 Å². The van der Waals surface area contributed by atoms with Crippen molar-refractivity contribution in [3.05, 3.63) is 108 Å². The number of nitrogens with one attached hydrogen (secondary N) is 1. The largest absolute Gasteiger partial charge is 0.699 e. The van der Waals surface area contributed by atoms with Gasteiger partial charge in [0.2, 0.25) is 0 Å². The van der Waals surface area contributed by atoms with E-state index >= 15 is 0 Å². The summed E-state index contributed by atoms with van der Waals surface area (Å²) in [6.07, 6.45) is 0. The van der Waals surface area contributed by atoms with Gasteiger partial charge in [-0.2, -0.15) is 0 Å². The molecule has 0 saturated carbocycles. The Bertz CT molecular complexity index is 744. The van der Waals surface area contributed by atoms with Gasteiger partial charge in [-0.25, -0.2) is 0 Å². The van der Waals surface area contributed by atoms with Crippen molar-refractivity contribution < 1.29 is 0 Å². The summed E-state index contributed by atoms with van der Waals surface area (Å²) in [6, 6.07) is 31.1. The first kappa shape index (κ1) is 22.4. The zero-order valence-electron chi connectivity index (χ0n) is 17.7. The molecule has 1 radical (unpaired) electrons. The van der Waals surface area contributed by atoms with Gasteiger partial charge in [0.25, 0.3) is 0 Å². The Morgan fingerprint density at radius 3 is 1.18 bits per heavy atom. The third kappa shape index (κ3) is 7.25. The molecular weight excluding hydrogens is 396 g/mol. The molecule has 0 heterocycles. The van der Waals surface area contributed by atoms with E-state index in [0.717, 1.165) is 0 Å². The minimum Gasteiger partial charge on any atom is -0.699 e. The molecule has 0 aliphatic rings. The molecule has 0 aromatic heterocycles. The molecule has 0 fully saturated rings. The van der Waals surface area contributed by atoms with E-state index in [9.17, 15) is 0 Å². The molecule has 28 heavy (non-hydrogen) atoms. The second kappa shape index (κ2) is 10.6. The molecule has 0 bridgehead atoms. The molecule has 1 N–H and O–H groups in total. The van der Waals surface area contributed by atoms with Gasteiger partial charge in [-0.1, -0.05) is 30.3 Å². The standard InChI is InChI=1S/2C10H13.C6H6N.Ga/c2*1-10(2,3)9-7-5-4-6-8-9;7-6-4-2-1-3-5-6;/h2*4-8H,1H2,2-3H3;1-5,7H;/q;;-1;. The van der Waals surface area contributed by atoms with E-state index in [-0.39, 0.29) is 17.4 Å². The van der Waals surface area contributed by atoms with E-state index in [1.807, 2.05) is 18.2 Å². The average Bonchev–Trinajstić information content (AvgIpc) is 2.70. The van der Waals surface area contributed by atoms with Crippen molar-refractivity contribution in [2.24, 2.45) is 0 Å². The van der Waals surface area contributed by atoms with Crippen LogP contribution >= 0.6 is 0 Å². The summed E-state index contributed by atoms with van der Waals surface area (Å²) < 4.78 is 0. The fourth-order valence-corrected chi connectivity index (χ4v) is 7.57.